The van der Waals surface area contributed by atoms with Crippen molar-refractivity contribution in [2.24, 2.45) is 5.92 Å². The summed E-state index contributed by atoms with van der Waals surface area (Å²) in [5, 5.41) is 17.3. The molecule has 0 aromatic heterocycles. The summed E-state index contributed by atoms with van der Waals surface area (Å²) in [4.78, 5) is 0. The molecule has 2 nitrogen and oxygen atoms in total. The molecule has 1 aromatic carbocycles. The van der Waals surface area contributed by atoms with E-state index in [1.165, 1.54) is 11.1 Å². The summed E-state index contributed by atoms with van der Waals surface area (Å²) in [6.45, 7) is 8.96. The van der Waals surface area contributed by atoms with E-state index in [0.717, 1.165) is 19.3 Å². The van der Waals surface area contributed by atoms with Gasteiger partial charge in [-0.15, -0.1) is 0 Å². The van der Waals surface area contributed by atoms with Crippen molar-refractivity contribution in [1.29, 1.82) is 10.5 Å². The van der Waals surface area contributed by atoms with E-state index in [0.29, 0.717) is 5.92 Å². The molecule has 2 heteroatoms. The van der Waals surface area contributed by atoms with Gasteiger partial charge in [0, 0.05) is 0 Å². The summed E-state index contributed by atoms with van der Waals surface area (Å²) >= 11 is 0. The Balaban J connectivity index is 2.44. The quantitative estimate of drug-likeness (QED) is 0.516. The van der Waals surface area contributed by atoms with Crippen molar-refractivity contribution in [1.82, 2.24) is 0 Å². The molecule has 1 rings (SSSR count). The van der Waals surface area contributed by atoms with Gasteiger partial charge < -0.3 is 0 Å². The fourth-order valence-corrected chi connectivity index (χ4v) is 2.39. The number of hydrogen-bond acceptors (Lipinski definition) is 2. The van der Waals surface area contributed by atoms with Gasteiger partial charge in [0.1, 0.15) is 17.7 Å². The maximum Gasteiger partial charge on any atom is 0.129 e. The van der Waals surface area contributed by atoms with Crippen LogP contribution < -0.4 is 0 Å². The molecule has 0 N–H and O–H groups in total. The van der Waals surface area contributed by atoms with E-state index in [9.17, 15) is 0 Å². The van der Waals surface area contributed by atoms with Crippen molar-refractivity contribution in [3.05, 3.63) is 59.2 Å². The van der Waals surface area contributed by atoms with Gasteiger partial charge >= 0.3 is 0 Å². The van der Waals surface area contributed by atoms with Crippen LogP contribution in [0.3, 0.4) is 0 Å². The molecule has 0 spiro atoms. The molecular weight excluding hydrogens is 280 g/mol. The molecule has 120 valence electrons. The van der Waals surface area contributed by atoms with Gasteiger partial charge in [-0.3, -0.25) is 0 Å². The maximum atomic E-state index is 8.63. The minimum atomic E-state index is 0.147. The van der Waals surface area contributed by atoms with Crippen molar-refractivity contribution in [2.75, 3.05) is 0 Å². The number of benzene rings is 1. The molecule has 0 aliphatic rings. The summed E-state index contributed by atoms with van der Waals surface area (Å²) in [5.41, 5.74) is 3.10. The second-order valence-corrected chi connectivity index (χ2v) is 7.07. The SMILES string of the molecule is CC(CCC=CC=C(C#N)C#N)Cc1ccc(C(C)(C)C)cc1. The first-order valence-corrected chi connectivity index (χ1v) is 8.13. The Labute approximate surface area is 140 Å². The molecule has 0 fully saturated rings. The molecule has 0 saturated heterocycles. The molecule has 1 aromatic rings. The first kappa shape index (κ1) is 18.7. The van der Waals surface area contributed by atoms with Gasteiger partial charge in [-0.05, 0) is 47.8 Å². The zero-order valence-corrected chi connectivity index (χ0v) is 14.6. The smallest absolute Gasteiger partial charge is 0.129 e. The number of nitriles is 2. The van der Waals surface area contributed by atoms with Crippen LogP contribution in [-0.4, -0.2) is 0 Å². The van der Waals surface area contributed by atoms with Gasteiger partial charge in [-0.1, -0.05) is 64.1 Å². The van der Waals surface area contributed by atoms with E-state index in [-0.39, 0.29) is 11.0 Å². The molecule has 0 aliphatic heterocycles. The van der Waals surface area contributed by atoms with Crippen LogP contribution in [0.15, 0.2) is 48.1 Å². The third-order valence-electron chi connectivity index (χ3n) is 3.87. The van der Waals surface area contributed by atoms with Gasteiger partial charge in [0.15, 0.2) is 0 Å². The third-order valence-corrected chi connectivity index (χ3v) is 3.87. The third kappa shape index (κ3) is 6.98. The lowest BCUT2D eigenvalue weighted by molar-refractivity contribution is 0.535. The predicted molar refractivity (Wildman–Crippen MR) is 95.7 cm³/mol. The van der Waals surface area contributed by atoms with Crippen LogP contribution in [0.1, 0.15) is 51.7 Å². The van der Waals surface area contributed by atoms with Crippen LogP contribution in [0.2, 0.25) is 0 Å². The first-order valence-electron chi connectivity index (χ1n) is 8.13. The lowest BCUT2D eigenvalue weighted by Gasteiger charge is -2.19. The highest BCUT2D eigenvalue weighted by molar-refractivity contribution is 5.37. The van der Waals surface area contributed by atoms with Crippen molar-refractivity contribution in [3.63, 3.8) is 0 Å². The average molecular weight is 306 g/mol. The van der Waals surface area contributed by atoms with E-state index < -0.39 is 0 Å². The van der Waals surface area contributed by atoms with Crippen molar-refractivity contribution in [3.8, 4) is 12.1 Å². The molecule has 23 heavy (non-hydrogen) atoms. The van der Waals surface area contributed by atoms with E-state index in [2.05, 4.69) is 52.0 Å². The molecule has 0 amide bonds. The number of hydrogen-bond donors (Lipinski definition) is 0. The molecule has 1 atom stereocenters. The van der Waals surface area contributed by atoms with Crippen LogP contribution >= 0.6 is 0 Å². The average Bonchev–Trinajstić information content (AvgIpc) is 2.50. The number of allylic oxidation sites excluding steroid dienone is 4. The summed E-state index contributed by atoms with van der Waals surface area (Å²) in [7, 11) is 0. The summed E-state index contributed by atoms with van der Waals surface area (Å²) in [6.07, 6.45) is 8.52. The fourth-order valence-electron chi connectivity index (χ4n) is 2.39. The van der Waals surface area contributed by atoms with Crippen LogP contribution in [0.4, 0.5) is 0 Å². The van der Waals surface area contributed by atoms with E-state index in [1.54, 1.807) is 12.2 Å². The van der Waals surface area contributed by atoms with Crippen LogP contribution in [0, 0.1) is 28.6 Å². The first-order chi connectivity index (χ1) is 10.9. The van der Waals surface area contributed by atoms with Crippen molar-refractivity contribution < 1.29 is 0 Å². The molecule has 0 saturated carbocycles. The Kier molecular flexibility index (Phi) is 7.30. The Morgan fingerprint density at radius 3 is 2.26 bits per heavy atom. The molecule has 0 aliphatic carbocycles. The Bertz CT molecular complexity index is 612. The number of nitrogens with zero attached hydrogens (tertiary/aromatic N) is 2. The van der Waals surface area contributed by atoms with Crippen LogP contribution in [0.25, 0.3) is 0 Å². The molecular formula is C21H26N2. The maximum absolute atomic E-state index is 8.63. The van der Waals surface area contributed by atoms with E-state index in [4.69, 9.17) is 10.5 Å². The zero-order chi connectivity index (χ0) is 17.3. The summed E-state index contributed by atoms with van der Waals surface area (Å²) in [5.74, 6) is 0.607. The van der Waals surface area contributed by atoms with Gasteiger partial charge in [-0.25, -0.2) is 0 Å². The van der Waals surface area contributed by atoms with E-state index in [1.807, 2.05) is 18.2 Å². The van der Waals surface area contributed by atoms with Gasteiger partial charge in [-0.2, -0.15) is 10.5 Å². The molecule has 0 bridgehead atoms. The van der Waals surface area contributed by atoms with E-state index >= 15 is 0 Å². The van der Waals surface area contributed by atoms with Gasteiger partial charge in [0.2, 0.25) is 0 Å². The topological polar surface area (TPSA) is 47.6 Å². The minimum Gasteiger partial charge on any atom is -0.192 e. The van der Waals surface area contributed by atoms with Crippen LogP contribution in [-0.2, 0) is 11.8 Å². The number of rotatable bonds is 6. The Morgan fingerprint density at radius 2 is 1.74 bits per heavy atom. The molecule has 0 heterocycles. The normalized spacial score (nSPS) is 12.4. The highest BCUT2D eigenvalue weighted by Crippen LogP contribution is 2.23. The summed E-state index contributed by atoms with van der Waals surface area (Å²) < 4.78 is 0. The predicted octanol–water partition coefficient (Wildman–Crippen LogP) is 5.47. The second-order valence-electron chi connectivity index (χ2n) is 7.07. The Hall–Kier alpha value is -2.32. The fraction of sp³-hybridized carbons (Fsp3) is 0.429. The highest BCUT2D eigenvalue weighted by Gasteiger charge is 2.13. The second kappa shape index (κ2) is 8.96. The van der Waals surface area contributed by atoms with Crippen molar-refractivity contribution in [2.45, 2.75) is 52.4 Å². The van der Waals surface area contributed by atoms with Gasteiger partial charge in [0.05, 0.1) is 0 Å². The van der Waals surface area contributed by atoms with Crippen LogP contribution in [0.5, 0.6) is 0 Å². The lowest BCUT2D eigenvalue weighted by atomic mass is 9.86. The van der Waals surface area contributed by atoms with Crippen molar-refractivity contribution >= 4 is 0 Å². The standard InChI is InChI=1S/C21H26N2/c1-17(8-6-5-7-9-19(15-22)16-23)14-18-10-12-20(13-11-18)21(2,3)4/h5,7,9-13,17H,6,8,14H2,1-4H3. The Morgan fingerprint density at radius 1 is 1.13 bits per heavy atom. The monoisotopic (exact) mass is 306 g/mol. The molecule has 0 radical (unpaired) electrons. The summed E-state index contributed by atoms with van der Waals surface area (Å²) in [6, 6.07) is 12.6. The lowest BCUT2D eigenvalue weighted by Crippen LogP contribution is -2.11. The zero-order valence-electron chi connectivity index (χ0n) is 14.6. The molecule has 1 unspecified atom stereocenters. The van der Waals surface area contributed by atoms with Gasteiger partial charge in [0.25, 0.3) is 0 Å². The highest BCUT2D eigenvalue weighted by atomic mass is 14.3. The minimum absolute atomic E-state index is 0.147. The largest absolute Gasteiger partial charge is 0.192 e.